The van der Waals surface area contributed by atoms with Crippen LogP contribution in [0.4, 0.5) is 0 Å². The number of hydrogen-bond donors (Lipinski definition) is 2. The van der Waals surface area contributed by atoms with Crippen LogP contribution in [0.5, 0.6) is 0 Å². The fourth-order valence-corrected chi connectivity index (χ4v) is 1.54. The summed E-state index contributed by atoms with van der Waals surface area (Å²) >= 11 is 0. The van der Waals surface area contributed by atoms with Crippen LogP contribution in [0.25, 0.3) is 0 Å². The van der Waals surface area contributed by atoms with E-state index in [1.165, 1.54) is 37.4 Å². The molecule has 2 amide bonds. The second-order valence-corrected chi connectivity index (χ2v) is 4.24. The summed E-state index contributed by atoms with van der Waals surface area (Å²) in [6.45, 7) is 0.610. The molecule has 0 aromatic carbocycles. The summed E-state index contributed by atoms with van der Waals surface area (Å²) < 4.78 is 4.79. The molecule has 21 heavy (non-hydrogen) atoms. The molecule has 0 atom stereocenters. The normalized spacial score (nSPS) is 10.0. The number of hydrogen-bond acceptors (Lipinski definition) is 5. The largest absolute Gasteiger partial charge is 0.477 e. The fourth-order valence-electron chi connectivity index (χ4n) is 1.54. The maximum Gasteiger partial charge on any atom is 0.354 e. The molecule has 8 nitrogen and oxygen atoms in total. The molecule has 0 radical (unpaired) electrons. The van der Waals surface area contributed by atoms with Gasteiger partial charge in [0.15, 0.2) is 0 Å². The Hall–Kier alpha value is -2.48. The Morgan fingerprint density at radius 1 is 1.43 bits per heavy atom. The lowest BCUT2D eigenvalue weighted by Gasteiger charge is -2.16. The van der Waals surface area contributed by atoms with E-state index in [1.54, 1.807) is 0 Å². The molecule has 0 spiro atoms. The van der Waals surface area contributed by atoms with Crippen molar-refractivity contribution >= 4 is 17.8 Å². The molecular formula is C13H17N3O5. The molecule has 2 N–H and O–H groups in total. The van der Waals surface area contributed by atoms with E-state index in [2.05, 4.69) is 10.3 Å². The number of methoxy groups -OCH3 is 1. The first-order valence-corrected chi connectivity index (χ1v) is 6.16. The van der Waals surface area contributed by atoms with Gasteiger partial charge in [0.1, 0.15) is 5.69 Å². The van der Waals surface area contributed by atoms with E-state index in [0.29, 0.717) is 13.2 Å². The van der Waals surface area contributed by atoms with Crippen molar-refractivity contribution < 1.29 is 24.2 Å². The van der Waals surface area contributed by atoms with Crippen LogP contribution in [0, 0.1) is 0 Å². The fraction of sp³-hybridized carbons (Fsp3) is 0.385. The number of ether oxygens (including phenoxy) is 1. The Labute approximate surface area is 121 Å². The summed E-state index contributed by atoms with van der Waals surface area (Å²) in [7, 11) is 2.98. The number of carbonyl (C=O) groups excluding carboxylic acids is 2. The van der Waals surface area contributed by atoms with Gasteiger partial charge >= 0.3 is 5.97 Å². The van der Waals surface area contributed by atoms with Gasteiger partial charge in [0.2, 0.25) is 5.91 Å². The quantitative estimate of drug-likeness (QED) is 0.663. The van der Waals surface area contributed by atoms with Crippen molar-refractivity contribution in [3.63, 3.8) is 0 Å². The number of carboxylic acids is 1. The van der Waals surface area contributed by atoms with Gasteiger partial charge in [-0.25, -0.2) is 9.78 Å². The van der Waals surface area contributed by atoms with Crippen molar-refractivity contribution in [2.45, 2.75) is 0 Å². The van der Waals surface area contributed by atoms with Crippen molar-refractivity contribution in [3.05, 3.63) is 29.6 Å². The molecule has 1 aromatic rings. The van der Waals surface area contributed by atoms with E-state index >= 15 is 0 Å². The Morgan fingerprint density at radius 3 is 2.76 bits per heavy atom. The number of aromatic nitrogens is 1. The third kappa shape index (κ3) is 5.19. The van der Waals surface area contributed by atoms with E-state index in [-0.39, 0.29) is 23.7 Å². The Bertz CT molecular complexity index is 532. The standard InChI is InChI=1S/C13H17N3O5/c1-16(8-11(17)15-5-6-21-2)12(18)9-3-4-14-10(7-9)13(19)20/h3-4,7H,5-6,8H2,1-2H3,(H,15,17)(H,19,20). The number of pyridine rings is 1. The van der Waals surface area contributed by atoms with Gasteiger partial charge in [-0.1, -0.05) is 0 Å². The number of nitrogens with one attached hydrogen (secondary N) is 1. The molecular weight excluding hydrogens is 278 g/mol. The molecule has 0 aliphatic carbocycles. The minimum Gasteiger partial charge on any atom is -0.477 e. The van der Waals surface area contributed by atoms with Gasteiger partial charge < -0.3 is 20.1 Å². The zero-order valence-corrected chi connectivity index (χ0v) is 11.8. The first-order chi connectivity index (χ1) is 9.95. The predicted octanol–water partition coefficient (Wildman–Crippen LogP) is -0.386. The smallest absolute Gasteiger partial charge is 0.354 e. The van der Waals surface area contributed by atoms with E-state index < -0.39 is 11.9 Å². The molecule has 1 heterocycles. The van der Waals surface area contributed by atoms with Crippen molar-refractivity contribution in [2.24, 2.45) is 0 Å². The number of carbonyl (C=O) groups is 3. The zero-order chi connectivity index (χ0) is 15.8. The highest BCUT2D eigenvalue weighted by Crippen LogP contribution is 2.05. The lowest BCUT2D eigenvalue weighted by atomic mass is 10.2. The lowest BCUT2D eigenvalue weighted by Crippen LogP contribution is -2.39. The minimum atomic E-state index is -1.22. The maximum absolute atomic E-state index is 12.1. The van der Waals surface area contributed by atoms with Gasteiger partial charge in [0.05, 0.1) is 13.2 Å². The molecule has 0 unspecified atom stereocenters. The summed E-state index contributed by atoms with van der Waals surface area (Å²) in [5.74, 6) is -2.00. The van der Waals surface area contributed by atoms with Crippen LogP contribution >= 0.6 is 0 Å². The Morgan fingerprint density at radius 2 is 2.14 bits per heavy atom. The summed E-state index contributed by atoms with van der Waals surface area (Å²) in [6, 6.07) is 2.57. The van der Waals surface area contributed by atoms with Crippen molar-refractivity contribution in [2.75, 3.05) is 33.9 Å². The van der Waals surface area contributed by atoms with Crippen LogP contribution in [-0.2, 0) is 9.53 Å². The van der Waals surface area contributed by atoms with E-state index in [0.717, 1.165) is 0 Å². The molecule has 0 fully saturated rings. The molecule has 0 saturated heterocycles. The summed E-state index contributed by atoms with van der Waals surface area (Å²) in [4.78, 5) is 39.3. The minimum absolute atomic E-state index is 0.132. The molecule has 0 saturated carbocycles. The average Bonchev–Trinajstić information content (AvgIpc) is 2.46. The molecule has 1 aromatic heterocycles. The highest BCUT2D eigenvalue weighted by atomic mass is 16.5. The second kappa shape index (κ2) is 7.95. The van der Waals surface area contributed by atoms with Crippen LogP contribution in [0.3, 0.4) is 0 Å². The lowest BCUT2D eigenvalue weighted by molar-refractivity contribution is -0.121. The third-order valence-electron chi connectivity index (χ3n) is 2.58. The van der Waals surface area contributed by atoms with Gasteiger partial charge in [-0.05, 0) is 12.1 Å². The Kier molecular flexibility index (Phi) is 6.28. The molecule has 114 valence electrons. The Balaban J connectivity index is 2.63. The molecule has 1 rings (SSSR count). The van der Waals surface area contributed by atoms with Crippen LogP contribution < -0.4 is 5.32 Å². The zero-order valence-electron chi connectivity index (χ0n) is 11.8. The van der Waals surface area contributed by atoms with Crippen molar-refractivity contribution in [3.8, 4) is 0 Å². The SMILES string of the molecule is COCCNC(=O)CN(C)C(=O)c1ccnc(C(=O)O)c1. The van der Waals surface area contributed by atoms with E-state index in [9.17, 15) is 14.4 Å². The molecule has 0 aliphatic rings. The molecule has 0 bridgehead atoms. The summed E-state index contributed by atoms with van der Waals surface area (Å²) in [6.07, 6.45) is 1.24. The van der Waals surface area contributed by atoms with Crippen LogP contribution in [0.2, 0.25) is 0 Å². The number of amides is 2. The monoisotopic (exact) mass is 295 g/mol. The number of likely N-dealkylation sites (N-methyl/N-ethyl adjacent to an activating group) is 1. The summed E-state index contributed by atoms with van der Waals surface area (Å²) in [5.41, 5.74) is -0.0617. The topological polar surface area (TPSA) is 109 Å². The van der Waals surface area contributed by atoms with Gasteiger partial charge in [0.25, 0.3) is 5.91 Å². The highest BCUT2D eigenvalue weighted by Gasteiger charge is 2.16. The van der Waals surface area contributed by atoms with Gasteiger partial charge in [-0.2, -0.15) is 0 Å². The molecule has 0 aliphatic heterocycles. The van der Waals surface area contributed by atoms with Crippen molar-refractivity contribution in [1.82, 2.24) is 15.2 Å². The van der Waals surface area contributed by atoms with E-state index in [4.69, 9.17) is 9.84 Å². The number of rotatable bonds is 7. The second-order valence-electron chi connectivity index (χ2n) is 4.24. The highest BCUT2D eigenvalue weighted by molar-refractivity contribution is 5.98. The first kappa shape index (κ1) is 16.6. The maximum atomic E-state index is 12.1. The predicted molar refractivity (Wildman–Crippen MR) is 73.0 cm³/mol. The number of aromatic carboxylic acids is 1. The van der Waals surface area contributed by atoms with Crippen molar-refractivity contribution in [1.29, 1.82) is 0 Å². The van der Waals surface area contributed by atoms with Crippen LogP contribution in [0.1, 0.15) is 20.8 Å². The summed E-state index contributed by atoms with van der Waals surface area (Å²) in [5, 5.41) is 11.4. The number of nitrogens with zero attached hydrogens (tertiary/aromatic N) is 2. The first-order valence-electron chi connectivity index (χ1n) is 6.16. The van der Waals surface area contributed by atoms with Crippen LogP contribution in [0.15, 0.2) is 18.3 Å². The van der Waals surface area contributed by atoms with Crippen LogP contribution in [-0.4, -0.2) is 66.6 Å². The average molecular weight is 295 g/mol. The van der Waals surface area contributed by atoms with Gasteiger partial charge in [-0.15, -0.1) is 0 Å². The number of carboxylic acid groups (broad SMARTS) is 1. The van der Waals surface area contributed by atoms with Gasteiger partial charge in [-0.3, -0.25) is 9.59 Å². The van der Waals surface area contributed by atoms with E-state index in [1.807, 2.05) is 0 Å². The van der Waals surface area contributed by atoms with Gasteiger partial charge in [0, 0.05) is 32.5 Å². The third-order valence-corrected chi connectivity index (χ3v) is 2.58. The molecule has 8 heteroatoms.